The molecule has 1 aliphatic rings. The molecule has 1 saturated heterocycles. The summed E-state index contributed by atoms with van der Waals surface area (Å²) in [5.74, 6) is 0.141. The number of carbonyl (C=O) groups excluding carboxylic acids is 2. The van der Waals surface area contributed by atoms with E-state index >= 15 is 0 Å². The van der Waals surface area contributed by atoms with Gasteiger partial charge in [0, 0.05) is 6.54 Å². The molecule has 1 fully saturated rings. The van der Waals surface area contributed by atoms with Crippen molar-refractivity contribution in [1.82, 2.24) is 4.90 Å². The van der Waals surface area contributed by atoms with Gasteiger partial charge in [0.2, 0.25) is 0 Å². The minimum Gasteiger partial charge on any atom is -0.488 e. The van der Waals surface area contributed by atoms with Crippen LogP contribution >= 0.6 is 34.4 Å². The molecule has 140 valence electrons. The van der Waals surface area contributed by atoms with Crippen molar-refractivity contribution in [1.29, 1.82) is 0 Å². The molecular formula is C20H17FINO3S. The Kier molecular flexibility index (Phi) is 6.54. The van der Waals surface area contributed by atoms with Crippen molar-refractivity contribution in [2.24, 2.45) is 0 Å². The monoisotopic (exact) mass is 497 g/mol. The van der Waals surface area contributed by atoms with E-state index in [9.17, 15) is 14.0 Å². The number of imide groups is 1. The van der Waals surface area contributed by atoms with E-state index < -0.39 is 0 Å². The molecule has 1 aliphatic heterocycles. The van der Waals surface area contributed by atoms with Gasteiger partial charge in [-0.25, -0.2) is 4.39 Å². The molecule has 0 saturated carbocycles. The molecule has 0 aromatic heterocycles. The van der Waals surface area contributed by atoms with Gasteiger partial charge in [-0.3, -0.25) is 14.5 Å². The average Bonchev–Trinajstić information content (AvgIpc) is 2.89. The van der Waals surface area contributed by atoms with E-state index in [4.69, 9.17) is 4.74 Å². The van der Waals surface area contributed by atoms with Crippen molar-refractivity contribution in [2.75, 3.05) is 6.54 Å². The quantitative estimate of drug-likeness (QED) is 0.393. The van der Waals surface area contributed by atoms with Gasteiger partial charge >= 0.3 is 0 Å². The molecular weight excluding hydrogens is 480 g/mol. The lowest BCUT2D eigenvalue weighted by atomic mass is 10.2. The lowest BCUT2D eigenvalue weighted by molar-refractivity contribution is -0.122. The van der Waals surface area contributed by atoms with Crippen LogP contribution in [0, 0.1) is 9.39 Å². The number of nitrogens with zero attached hydrogens (tertiary/aromatic N) is 1. The maximum absolute atomic E-state index is 13.2. The number of hydrogen-bond acceptors (Lipinski definition) is 4. The zero-order valence-corrected chi connectivity index (χ0v) is 17.6. The lowest BCUT2D eigenvalue weighted by Crippen LogP contribution is -2.28. The van der Waals surface area contributed by atoms with Gasteiger partial charge in [-0.15, -0.1) is 0 Å². The van der Waals surface area contributed by atoms with Crippen LogP contribution in [-0.2, 0) is 11.4 Å². The maximum Gasteiger partial charge on any atom is 0.293 e. The summed E-state index contributed by atoms with van der Waals surface area (Å²) in [6.07, 6.45) is 2.46. The molecule has 0 unspecified atom stereocenters. The van der Waals surface area contributed by atoms with Crippen molar-refractivity contribution in [3.05, 3.63) is 67.9 Å². The van der Waals surface area contributed by atoms with Gasteiger partial charge in [0.15, 0.2) is 0 Å². The largest absolute Gasteiger partial charge is 0.488 e. The zero-order valence-electron chi connectivity index (χ0n) is 14.6. The normalized spacial score (nSPS) is 15.7. The zero-order chi connectivity index (χ0) is 19.4. The second-order valence-corrected chi connectivity index (χ2v) is 8.10. The van der Waals surface area contributed by atoms with Crippen molar-refractivity contribution in [2.45, 2.75) is 20.0 Å². The smallest absolute Gasteiger partial charge is 0.293 e. The fraction of sp³-hybridized carbons (Fsp3) is 0.200. The maximum atomic E-state index is 13.2. The number of rotatable bonds is 6. The van der Waals surface area contributed by atoms with Crippen molar-refractivity contribution in [3.8, 4) is 5.75 Å². The van der Waals surface area contributed by atoms with Crippen LogP contribution in [0.4, 0.5) is 9.18 Å². The first-order valence-corrected chi connectivity index (χ1v) is 10.3. The second kappa shape index (κ2) is 8.88. The van der Waals surface area contributed by atoms with E-state index in [1.807, 2.05) is 25.1 Å². The average molecular weight is 497 g/mol. The summed E-state index contributed by atoms with van der Waals surface area (Å²) in [5.41, 5.74) is 1.57. The SMILES string of the molecule is CCCN1C(=O)S/C(=C/c2ccc(OCc3cccc(F)c3)c(I)c2)C1=O. The Bertz CT molecular complexity index is 916. The number of halogens is 2. The molecule has 0 N–H and O–H groups in total. The lowest BCUT2D eigenvalue weighted by Gasteiger charge is -2.10. The Morgan fingerprint density at radius 2 is 2.04 bits per heavy atom. The predicted octanol–water partition coefficient (Wildman–Crippen LogP) is 5.46. The van der Waals surface area contributed by atoms with Crippen LogP contribution in [-0.4, -0.2) is 22.6 Å². The number of carbonyl (C=O) groups is 2. The van der Waals surface area contributed by atoms with Crippen LogP contribution < -0.4 is 4.74 Å². The number of hydrogen-bond donors (Lipinski definition) is 0. The standard InChI is InChI=1S/C20H17FINO3S/c1-2-8-23-19(24)18(27-20(23)25)11-13-6-7-17(16(22)10-13)26-12-14-4-3-5-15(21)9-14/h3-7,9-11H,2,8,12H2,1H3/b18-11+. The van der Waals surface area contributed by atoms with Crippen molar-refractivity contribution in [3.63, 3.8) is 0 Å². The van der Waals surface area contributed by atoms with Gasteiger partial charge in [0.05, 0.1) is 8.48 Å². The van der Waals surface area contributed by atoms with E-state index in [1.54, 1.807) is 18.2 Å². The van der Waals surface area contributed by atoms with Gasteiger partial charge in [0.1, 0.15) is 18.2 Å². The predicted molar refractivity (Wildman–Crippen MR) is 113 cm³/mol. The highest BCUT2D eigenvalue weighted by atomic mass is 127. The first kappa shape index (κ1) is 19.9. The van der Waals surface area contributed by atoms with Crippen LogP contribution in [0.5, 0.6) is 5.75 Å². The summed E-state index contributed by atoms with van der Waals surface area (Å²) in [5, 5.41) is -0.224. The third-order valence-corrected chi connectivity index (χ3v) is 5.61. The van der Waals surface area contributed by atoms with Crippen LogP contribution in [0.1, 0.15) is 24.5 Å². The highest BCUT2D eigenvalue weighted by Gasteiger charge is 2.34. The summed E-state index contributed by atoms with van der Waals surface area (Å²) < 4.78 is 19.9. The fourth-order valence-electron chi connectivity index (χ4n) is 2.58. The Balaban J connectivity index is 1.71. The van der Waals surface area contributed by atoms with Gasteiger partial charge in [-0.1, -0.05) is 25.1 Å². The van der Waals surface area contributed by atoms with Gasteiger partial charge in [-0.05, 0) is 82.2 Å². The second-order valence-electron chi connectivity index (χ2n) is 5.94. The molecule has 3 rings (SSSR count). The van der Waals surface area contributed by atoms with E-state index in [-0.39, 0.29) is 23.6 Å². The Morgan fingerprint density at radius 1 is 1.22 bits per heavy atom. The molecule has 4 nitrogen and oxygen atoms in total. The number of benzene rings is 2. The minimum absolute atomic E-state index is 0.224. The van der Waals surface area contributed by atoms with Gasteiger partial charge < -0.3 is 4.74 Å². The van der Waals surface area contributed by atoms with Crippen LogP contribution in [0.2, 0.25) is 0 Å². The van der Waals surface area contributed by atoms with E-state index in [2.05, 4.69) is 22.6 Å². The van der Waals surface area contributed by atoms with Gasteiger partial charge in [-0.2, -0.15) is 0 Å². The Morgan fingerprint density at radius 3 is 2.74 bits per heavy atom. The third-order valence-electron chi connectivity index (χ3n) is 3.86. The molecule has 0 atom stereocenters. The third kappa shape index (κ3) is 4.90. The number of ether oxygens (including phenoxy) is 1. The highest BCUT2D eigenvalue weighted by Crippen LogP contribution is 2.33. The van der Waals surface area contributed by atoms with Crippen LogP contribution in [0.15, 0.2) is 47.4 Å². The summed E-state index contributed by atoms with van der Waals surface area (Å²) in [6, 6.07) is 11.8. The summed E-state index contributed by atoms with van der Waals surface area (Å²) in [7, 11) is 0. The minimum atomic E-state index is -0.293. The molecule has 0 radical (unpaired) electrons. The molecule has 0 aliphatic carbocycles. The molecule has 7 heteroatoms. The van der Waals surface area contributed by atoms with Crippen molar-refractivity contribution < 1.29 is 18.7 Å². The molecule has 2 amide bonds. The molecule has 2 aromatic carbocycles. The molecule has 0 bridgehead atoms. The van der Waals surface area contributed by atoms with Crippen LogP contribution in [0.25, 0.3) is 6.08 Å². The molecule has 27 heavy (non-hydrogen) atoms. The highest BCUT2D eigenvalue weighted by molar-refractivity contribution is 14.1. The first-order valence-electron chi connectivity index (χ1n) is 8.40. The molecule has 1 heterocycles. The topological polar surface area (TPSA) is 46.6 Å². The van der Waals surface area contributed by atoms with E-state index in [1.165, 1.54) is 17.0 Å². The summed E-state index contributed by atoms with van der Waals surface area (Å²) in [6.45, 7) is 2.63. The van der Waals surface area contributed by atoms with Crippen LogP contribution in [0.3, 0.4) is 0 Å². The van der Waals surface area contributed by atoms with Gasteiger partial charge in [0.25, 0.3) is 11.1 Å². The number of amides is 2. The summed E-state index contributed by atoms with van der Waals surface area (Å²) >= 11 is 3.12. The Labute approximate surface area is 174 Å². The fourth-order valence-corrected chi connectivity index (χ4v) is 4.14. The number of thioether (sulfide) groups is 1. The Hall–Kier alpha value is -1.87. The van der Waals surface area contributed by atoms with Crippen molar-refractivity contribution >= 4 is 51.6 Å². The molecule has 2 aromatic rings. The van der Waals surface area contributed by atoms with E-state index in [0.29, 0.717) is 17.2 Å². The first-order chi connectivity index (χ1) is 13.0. The van der Waals surface area contributed by atoms with E-state index in [0.717, 1.165) is 32.9 Å². The summed E-state index contributed by atoms with van der Waals surface area (Å²) in [4.78, 5) is 25.9. The molecule has 0 spiro atoms.